The van der Waals surface area contributed by atoms with E-state index in [4.69, 9.17) is 5.11 Å². The molecule has 1 atom stereocenters. The maximum Gasteiger partial charge on any atom is 0.573 e. The first kappa shape index (κ1) is 33.7. The van der Waals surface area contributed by atoms with Gasteiger partial charge >= 0.3 is 12.3 Å². The first-order chi connectivity index (χ1) is 19.8. The van der Waals surface area contributed by atoms with Gasteiger partial charge in [-0.2, -0.15) is 0 Å². The van der Waals surface area contributed by atoms with Gasteiger partial charge in [-0.15, -0.1) is 13.2 Å². The van der Waals surface area contributed by atoms with E-state index in [1.54, 1.807) is 29.6 Å². The molecule has 13 heteroatoms. The van der Waals surface area contributed by atoms with E-state index in [0.29, 0.717) is 24.1 Å². The Hall–Kier alpha value is -4.55. The van der Waals surface area contributed by atoms with Crippen LogP contribution in [0.1, 0.15) is 53.6 Å². The van der Waals surface area contributed by atoms with Crippen molar-refractivity contribution in [2.75, 3.05) is 11.9 Å². The Bertz CT molecular complexity index is 1310. The summed E-state index contributed by atoms with van der Waals surface area (Å²) in [5.41, 5.74) is 1.70. The second kappa shape index (κ2) is 16.0. The minimum absolute atomic E-state index is 0.0580. The molecule has 0 heterocycles. The molecular formula is C29H28F6N2O5. The lowest BCUT2D eigenvalue weighted by Gasteiger charge is -2.18. The van der Waals surface area contributed by atoms with Crippen molar-refractivity contribution < 1.29 is 50.6 Å². The molecule has 0 aliphatic heterocycles. The van der Waals surface area contributed by atoms with Crippen molar-refractivity contribution in [3.8, 4) is 5.75 Å². The van der Waals surface area contributed by atoms with Crippen LogP contribution >= 0.6 is 0 Å². The van der Waals surface area contributed by atoms with Crippen molar-refractivity contribution in [1.29, 1.82) is 0 Å². The number of carboxylic acids is 1. The Labute approximate surface area is 237 Å². The number of anilines is 1. The Morgan fingerprint density at radius 3 is 2.07 bits per heavy atom. The zero-order valence-electron chi connectivity index (χ0n) is 22.3. The third-order valence-electron chi connectivity index (χ3n) is 5.76. The summed E-state index contributed by atoms with van der Waals surface area (Å²) in [6.07, 6.45) is -2.30. The van der Waals surface area contributed by atoms with Crippen LogP contribution in [0.25, 0.3) is 0 Å². The molecule has 3 aromatic rings. The van der Waals surface area contributed by atoms with Crippen LogP contribution in [0.3, 0.4) is 0 Å². The lowest BCUT2D eigenvalue weighted by atomic mass is 9.88. The molecule has 0 fully saturated rings. The van der Waals surface area contributed by atoms with Crippen LogP contribution in [0.5, 0.6) is 5.75 Å². The number of halogens is 6. The Morgan fingerprint density at radius 2 is 1.57 bits per heavy atom. The minimum atomic E-state index is -4.71. The van der Waals surface area contributed by atoms with Crippen molar-refractivity contribution in [3.63, 3.8) is 0 Å². The van der Waals surface area contributed by atoms with Crippen molar-refractivity contribution in [3.05, 3.63) is 94.8 Å². The number of hydrogen-bond donors (Lipinski definition) is 3. The number of benzene rings is 3. The second-order valence-electron chi connectivity index (χ2n) is 8.91. The molecular weight excluding hydrogens is 570 g/mol. The standard InChI is InChI=1S/C22H24F3NO4.C7H4F3NO/c1-2-3-18(14-15-4-10-19(11-5-15)30-22(23,24)25)16-6-8-17(9-7-16)21(29)26-13-12-20(27)28;8-4-1-5(9)7(11-3-12)6(10)2-4/h4-11,18H,2-3,12-14H2,1H3,(H,26,29)(H,27,28);1-3H,(H,11,12)/t18-;/m1./s1. The van der Waals surface area contributed by atoms with Crippen molar-refractivity contribution in [2.24, 2.45) is 0 Å². The number of alkyl halides is 3. The number of nitrogens with one attached hydrogen (secondary N) is 2. The summed E-state index contributed by atoms with van der Waals surface area (Å²) < 4.78 is 78.2. The molecule has 226 valence electrons. The van der Waals surface area contributed by atoms with Gasteiger partial charge in [-0.05, 0) is 54.2 Å². The van der Waals surface area contributed by atoms with Gasteiger partial charge in [-0.1, -0.05) is 37.6 Å². The average molecular weight is 599 g/mol. The van der Waals surface area contributed by atoms with Crippen LogP contribution in [0.15, 0.2) is 60.7 Å². The molecule has 0 aliphatic rings. The van der Waals surface area contributed by atoms with Gasteiger partial charge in [-0.3, -0.25) is 14.4 Å². The Balaban J connectivity index is 0.000000428. The summed E-state index contributed by atoms with van der Waals surface area (Å²) >= 11 is 0. The molecule has 3 aromatic carbocycles. The Kier molecular flexibility index (Phi) is 12.8. The van der Waals surface area contributed by atoms with Crippen molar-refractivity contribution in [1.82, 2.24) is 5.32 Å². The number of amides is 2. The van der Waals surface area contributed by atoms with E-state index in [1.165, 1.54) is 12.1 Å². The van der Waals surface area contributed by atoms with Crippen LogP contribution < -0.4 is 15.4 Å². The number of aliphatic carboxylic acids is 1. The van der Waals surface area contributed by atoms with E-state index in [2.05, 4.69) is 17.0 Å². The number of ether oxygens (including phenoxy) is 1. The maximum atomic E-state index is 12.6. The summed E-state index contributed by atoms with van der Waals surface area (Å²) in [5.74, 6) is -4.73. The van der Waals surface area contributed by atoms with Gasteiger partial charge in [0.25, 0.3) is 5.91 Å². The number of hydrogen-bond acceptors (Lipinski definition) is 4. The third-order valence-corrected chi connectivity index (χ3v) is 5.76. The van der Waals surface area contributed by atoms with Gasteiger partial charge in [0.2, 0.25) is 6.41 Å². The minimum Gasteiger partial charge on any atom is -0.481 e. The topological polar surface area (TPSA) is 105 Å². The second-order valence-corrected chi connectivity index (χ2v) is 8.91. The van der Waals surface area contributed by atoms with E-state index in [1.807, 2.05) is 12.1 Å². The predicted octanol–water partition coefficient (Wildman–Crippen LogP) is 6.59. The largest absolute Gasteiger partial charge is 0.573 e. The molecule has 7 nitrogen and oxygen atoms in total. The van der Waals surface area contributed by atoms with Crippen LogP contribution in [0, 0.1) is 17.5 Å². The molecule has 3 N–H and O–H groups in total. The molecule has 3 rings (SSSR count). The van der Waals surface area contributed by atoms with Crippen LogP contribution in [-0.4, -0.2) is 36.3 Å². The van der Waals surface area contributed by atoms with Gasteiger partial charge in [-0.25, -0.2) is 13.2 Å². The fourth-order valence-corrected chi connectivity index (χ4v) is 3.88. The summed E-state index contributed by atoms with van der Waals surface area (Å²) in [4.78, 5) is 32.4. The van der Waals surface area contributed by atoms with E-state index in [9.17, 15) is 40.7 Å². The van der Waals surface area contributed by atoms with Crippen LogP contribution in [0.4, 0.5) is 32.0 Å². The fraction of sp³-hybridized carbons (Fsp3) is 0.276. The first-order valence-corrected chi connectivity index (χ1v) is 12.6. The van der Waals surface area contributed by atoms with Gasteiger partial charge in [0.05, 0.1) is 6.42 Å². The quantitative estimate of drug-likeness (QED) is 0.161. The van der Waals surface area contributed by atoms with Crippen LogP contribution in [-0.2, 0) is 16.0 Å². The van der Waals surface area contributed by atoms with Crippen molar-refractivity contribution >= 4 is 24.0 Å². The fourth-order valence-electron chi connectivity index (χ4n) is 3.88. The molecule has 0 spiro atoms. The van der Waals surface area contributed by atoms with E-state index in [-0.39, 0.29) is 37.0 Å². The smallest absolute Gasteiger partial charge is 0.481 e. The summed E-state index contributed by atoms with van der Waals surface area (Å²) in [7, 11) is 0. The third kappa shape index (κ3) is 11.5. The monoisotopic (exact) mass is 598 g/mol. The highest BCUT2D eigenvalue weighted by Crippen LogP contribution is 2.28. The summed E-state index contributed by atoms with van der Waals surface area (Å²) in [5, 5.41) is 13.0. The lowest BCUT2D eigenvalue weighted by molar-refractivity contribution is -0.274. The molecule has 2 amide bonds. The van der Waals surface area contributed by atoms with E-state index >= 15 is 0 Å². The summed E-state index contributed by atoms with van der Waals surface area (Å²) in [6.45, 7) is 2.11. The number of carbonyl (C=O) groups is 3. The molecule has 0 saturated heterocycles. The normalized spacial score (nSPS) is 11.5. The van der Waals surface area contributed by atoms with E-state index in [0.717, 1.165) is 24.0 Å². The van der Waals surface area contributed by atoms with Gasteiger partial charge in [0.15, 0.2) is 11.6 Å². The molecule has 0 saturated carbocycles. The number of carboxylic acid groups (broad SMARTS) is 1. The van der Waals surface area contributed by atoms with Gasteiger partial charge in [0, 0.05) is 24.2 Å². The van der Waals surface area contributed by atoms with Gasteiger partial charge in [0.1, 0.15) is 17.3 Å². The predicted molar refractivity (Wildman–Crippen MR) is 142 cm³/mol. The molecule has 0 radical (unpaired) electrons. The van der Waals surface area contributed by atoms with Gasteiger partial charge < -0.3 is 20.5 Å². The average Bonchev–Trinajstić information content (AvgIpc) is 2.91. The highest BCUT2D eigenvalue weighted by atomic mass is 19.4. The molecule has 0 bridgehead atoms. The highest BCUT2D eigenvalue weighted by Gasteiger charge is 2.31. The van der Waals surface area contributed by atoms with Crippen molar-refractivity contribution in [2.45, 2.75) is 44.9 Å². The summed E-state index contributed by atoms with van der Waals surface area (Å²) in [6, 6.07) is 13.9. The Morgan fingerprint density at radius 1 is 0.976 bits per heavy atom. The molecule has 42 heavy (non-hydrogen) atoms. The number of carbonyl (C=O) groups excluding carboxylic acids is 2. The maximum absolute atomic E-state index is 12.6. The molecule has 0 aliphatic carbocycles. The number of rotatable bonds is 12. The lowest BCUT2D eigenvalue weighted by Crippen LogP contribution is -2.25. The molecule has 0 unspecified atom stereocenters. The SMILES string of the molecule is CCC[C@H](Cc1ccc(OC(F)(F)F)cc1)c1ccc(C(=O)NCCC(=O)O)cc1.O=CNc1c(F)cc(F)cc1F. The van der Waals surface area contributed by atoms with E-state index < -0.39 is 35.5 Å². The zero-order valence-corrected chi connectivity index (χ0v) is 22.3. The zero-order chi connectivity index (χ0) is 31.3. The highest BCUT2D eigenvalue weighted by molar-refractivity contribution is 5.94. The molecule has 0 aromatic heterocycles. The first-order valence-electron chi connectivity index (χ1n) is 12.6. The van der Waals surface area contributed by atoms with Crippen LogP contribution in [0.2, 0.25) is 0 Å².